The van der Waals surface area contributed by atoms with Gasteiger partial charge in [0.1, 0.15) is 11.6 Å². The van der Waals surface area contributed by atoms with E-state index in [9.17, 15) is 0 Å². The van der Waals surface area contributed by atoms with E-state index in [0.29, 0.717) is 0 Å². The van der Waals surface area contributed by atoms with Gasteiger partial charge in [0.2, 0.25) is 0 Å². The maximum Gasteiger partial charge on any atom is 0.130 e. The van der Waals surface area contributed by atoms with Crippen molar-refractivity contribution < 1.29 is 0 Å². The van der Waals surface area contributed by atoms with Gasteiger partial charge in [0, 0.05) is 23.8 Å². The highest BCUT2D eigenvalue weighted by Gasteiger charge is 2.03. The number of anilines is 4. The molecule has 0 amide bonds. The van der Waals surface area contributed by atoms with Gasteiger partial charge in [-0.2, -0.15) is 0 Å². The molecule has 0 saturated carbocycles. The summed E-state index contributed by atoms with van der Waals surface area (Å²) in [5, 5.41) is 6.65. The van der Waals surface area contributed by atoms with Crippen LogP contribution in [0.5, 0.6) is 0 Å². The number of aromatic nitrogens is 2. The SMILES string of the molecule is c1ccc(Nc2cc(-c3ccnc(Nc4ccccc4)c3)ccn2)cc1. The summed E-state index contributed by atoms with van der Waals surface area (Å²) in [5.41, 5.74) is 4.19. The number of rotatable bonds is 5. The third-order valence-electron chi connectivity index (χ3n) is 3.95. The molecule has 2 heterocycles. The fourth-order valence-electron chi connectivity index (χ4n) is 2.70. The van der Waals surface area contributed by atoms with Crippen molar-refractivity contribution >= 4 is 23.0 Å². The van der Waals surface area contributed by atoms with Crippen LogP contribution in [0.3, 0.4) is 0 Å². The number of nitrogens with one attached hydrogen (secondary N) is 2. The van der Waals surface area contributed by atoms with Crippen LogP contribution in [0.4, 0.5) is 23.0 Å². The summed E-state index contributed by atoms with van der Waals surface area (Å²) in [5.74, 6) is 1.62. The molecule has 0 fully saturated rings. The maximum atomic E-state index is 4.41. The summed E-state index contributed by atoms with van der Waals surface area (Å²) in [7, 11) is 0. The minimum absolute atomic E-state index is 0.808. The lowest BCUT2D eigenvalue weighted by Crippen LogP contribution is -1.95. The second kappa shape index (κ2) is 7.49. The zero-order valence-electron chi connectivity index (χ0n) is 14.1. The number of benzene rings is 2. The molecule has 0 saturated heterocycles. The first-order chi connectivity index (χ1) is 12.9. The molecule has 0 spiro atoms. The smallest absolute Gasteiger partial charge is 0.130 e. The molecule has 0 aliphatic carbocycles. The second-order valence-corrected chi connectivity index (χ2v) is 5.84. The van der Waals surface area contributed by atoms with Crippen LogP contribution in [-0.4, -0.2) is 9.97 Å². The average Bonchev–Trinajstić information content (AvgIpc) is 2.70. The van der Waals surface area contributed by atoms with Crippen LogP contribution in [0.1, 0.15) is 0 Å². The lowest BCUT2D eigenvalue weighted by Gasteiger charge is -2.09. The fourth-order valence-corrected chi connectivity index (χ4v) is 2.70. The molecule has 0 atom stereocenters. The van der Waals surface area contributed by atoms with Gasteiger partial charge in [0.15, 0.2) is 0 Å². The molecule has 2 aromatic heterocycles. The highest BCUT2D eigenvalue weighted by atomic mass is 15.0. The van der Waals surface area contributed by atoms with Crippen molar-refractivity contribution in [2.75, 3.05) is 10.6 Å². The summed E-state index contributed by atoms with van der Waals surface area (Å²) >= 11 is 0. The van der Waals surface area contributed by atoms with E-state index >= 15 is 0 Å². The van der Waals surface area contributed by atoms with E-state index in [1.54, 1.807) is 0 Å². The van der Waals surface area contributed by atoms with Crippen LogP contribution >= 0.6 is 0 Å². The number of pyridine rings is 2. The fraction of sp³-hybridized carbons (Fsp3) is 0. The first-order valence-electron chi connectivity index (χ1n) is 8.43. The third kappa shape index (κ3) is 3.87. The minimum Gasteiger partial charge on any atom is -0.340 e. The van der Waals surface area contributed by atoms with Gasteiger partial charge >= 0.3 is 0 Å². The van der Waals surface area contributed by atoms with Gasteiger partial charge in [-0.05, 0) is 59.7 Å². The Morgan fingerprint density at radius 1 is 0.500 bits per heavy atom. The number of para-hydroxylation sites is 2. The Morgan fingerprint density at radius 2 is 0.923 bits per heavy atom. The molecule has 4 nitrogen and oxygen atoms in total. The van der Waals surface area contributed by atoms with E-state index in [1.165, 1.54) is 0 Å². The first kappa shape index (κ1) is 15.8. The summed E-state index contributed by atoms with van der Waals surface area (Å²) in [4.78, 5) is 8.82. The monoisotopic (exact) mass is 338 g/mol. The number of hydrogen-bond donors (Lipinski definition) is 2. The Kier molecular flexibility index (Phi) is 4.56. The molecule has 0 aliphatic heterocycles. The standard InChI is InChI=1S/C22H18N4/c1-3-7-19(8-4-1)25-21-15-17(11-13-23-21)18-12-14-24-22(16-18)26-20-9-5-2-6-10-20/h1-16H,(H,23,25)(H,24,26). The molecule has 26 heavy (non-hydrogen) atoms. The Bertz CT molecular complexity index is 902. The summed E-state index contributed by atoms with van der Waals surface area (Å²) in [6, 6.07) is 28.1. The van der Waals surface area contributed by atoms with E-state index in [-0.39, 0.29) is 0 Å². The van der Waals surface area contributed by atoms with Crippen LogP contribution in [0.25, 0.3) is 11.1 Å². The van der Waals surface area contributed by atoms with E-state index in [2.05, 4.69) is 20.6 Å². The Balaban J connectivity index is 1.57. The zero-order valence-corrected chi connectivity index (χ0v) is 14.1. The molecule has 2 N–H and O–H groups in total. The Morgan fingerprint density at radius 3 is 1.35 bits per heavy atom. The Labute approximate surface area is 152 Å². The van der Waals surface area contributed by atoms with Gasteiger partial charge in [0.05, 0.1) is 0 Å². The highest BCUT2D eigenvalue weighted by molar-refractivity contribution is 5.71. The predicted molar refractivity (Wildman–Crippen MR) is 107 cm³/mol. The van der Waals surface area contributed by atoms with Crippen molar-refractivity contribution in [2.24, 2.45) is 0 Å². The van der Waals surface area contributed by atoms with E-state index < -0.39 is 0 Å². The van der Waals surface area contributed by atoms with Gasteiger partial charge < -0.3 is 10.6 Å². The zero-order chi connectivity index (χ0) is 17.6. The average molecular weight is 338 g/mol. The summed E-state index contributed by atoms with van der Waals surface area (Å²) in [6.45, 7) is 0. The van der Waals surface area contributed by atoms with Crippen LogP contribution in [0.2, 0.25) is 0 Å². The van der Waals surface area contributed by atoms with E-state index in [1.807, 2.05) is 97.3 Å². The molecule has 4 heteroatoms. The lowest BCUT2D eigenvalue weighted by atomic mass is 10.1. The van der Waals surface area contributed by atoms with Crippen LogP contribution in [0, 0.1) is 0 Å². The van der Waals surface area contributed by atoms with Gasteiger partial charge in [-0.15, -0.1) is 0 Å². The normalized spacial score (nSPS) is 10.3. The van der Waals surface area contributed by atoms with Gasteiger partial charge in [0.25, 0.3) is 0 Å². The minimum atomic E-state index is 0.808. The van der Waals surface area contributed by atoms with Gasteiger partial charge in [-0.1, -0.05) is 36.4 Å². The largest absolute Gasteiger partial charge is 0.340 e. The van der Waals surface area contributed by atoms with Crippen molar-refractivity contribution in [2.45, 2.75) is 0 Å². The second-order valence-electron chi connectivity index (χ2n) is 5.84. The molecular formula is C22H18N4. The van der Waals surface area contributed by atoms with Crippen molar-refractivity contribution in [3.05, 3.63) is 97.3 Å². The number of hydrogen-bond acceptors (Lipinski definition) is 4. The highest BCUT2D eigenvalue weighted by Crippen LogP contribution is 2.25. The molecule has 2 aromatic carbocycles. The quantitative estimate of drug-likeness (QED) is 0.495. The molecule has 4 rings (SSSR count). The molecule has 0 radical (unpaired) electrons. The van der Waals surface area contributed by atoms with Crippen LogP contribution in [0.15, 0.2) is 97.3 Å². The first-order valence-corrected chi connectivity index (χ1v) is 8.43. The van der Waals surface area contributed by atoms with Gasteiger partial charge in [-0.25, -0.2) is 9.97 Å². The van der Waals surface area contributed by atoms with Gasteiger partial charge in [-0.3, -0.25) is 0 Å². The van der Waals surface area contributed by atoms with E-state index in [4.69, 9.17) is 0 Å². The molecule has 0 bridgehead atoms. The Hall–Kier alpha value is -3.66. The molecule has 4 aromatic rings. The maximum absolute atomic E-state index is 4.41. The van der Waals surface area contributed by atoms with Crippen LogP contribution in [-0.2, 0) is 0 Å². The molecular weight excluding hydrogens is 320 g/mol. The van der Waals surface area contributed by atoms with Crippen molar-refractivity contribution in [3.8, 4) is 11.1 Å². The summed E-state index contributed by atoms with van der Waals surface area (Å²) < 4.78 is 0. The van der Waals surface area contributed by atoms with Crippen molar-refractivity contribution in [1.82, 2.24) is 9.97 Å². The molecule has 126 valence electrons. The predicted octanol–water partition coefficient (Wildman–Crippen LogP) is 5.63. The molecule has 0 aliphatic rings. The summed E-state index contributed by atoms with van der Waals surface area (Å²) in [6.07, 6.45) is 3.62. The third-order valence-corrected chi connectivity index (χ3v) is 3.95. The van der Waals surface area contributed by atoms with E-state index in [0.717, 1.165) is 34.1 Å². The lowest BCUT2D eigenvalue weighted by molar-refractivity contribution is 1.29. The van der Waals surface area contributed by atoms with Crippen molar-refractivity contribution in [1.29, 1.82) is 0 Å². The molecule has 0 unspecified atom stereocenters. The topological polar surface area (TPSA) is 49.8 Å². The van der Waals surface area contributed by atoms with Crippen molar-refractivity contribution in [3.63, 3.8) is 0 Å². The van der Waals surface area contributed by atoms with Crippen LogP contribution < -0.4 is 10.6 Å². The number of nitrogens with zero attached hydrogens (tertiary/aromatic N) is 2.